The molecule has 1 fully saturated rings. The van der Waals surface area contributed by atoms with Crippen LogP contribution in [0.15, 0.2) is 18.5 Å². The van der Waals surface area contributed by atoms with Crippen molar-refractivity contribution < 1.29 is 9.84 Å². The lowest BCUT2D eigenvalue weighted by atomic mass is 10.1. The number of rotatable bonds is 2. The maximum Gasteiger partial charge on any atom is 0.151 e. The van der Waals surface area contributed by atoms with Crippen molar-refractivity contribution >= 4 is 11.3 Å². The lowest BCUT2D eigenvalue weighted by Crippen LogP contribution is -2.12. The molecule has 1 aliphatic rings. The van der Waals surface area contributed by atoms with Crippen molar-refractivity contribution in [1.29, 1.82) is 0 Å². The van der Waals surface area contributed by atoms with E-state index in [-0.39, 0.29) is 18.8 Å². The number of hydrogen-bond acceptors (Lipinski definition) is 5. The van der Waals surface area contributed by atoms with Gasteiger partial charge >= 0.3 is 0 Å². The van der Waals surface area contributed by atoms with Gasteiger partial charge in [0, 0.05) is 0 Å². The lowest BCUT2D eigenvalue weighted by molar-refractivity contribution is 0.00856. The highest BCUT2D eigenvalue weighted by molar-refractivity contribution is 5.65. The molecule has 6 nitrogen and oxygen atoms in total. The summed E-state index contributed by atoms with van der Waals surface area (Å²) in [5, 5.41) is 13.2. The van der Waals surface area contributed by atoms with Crippen molar-refractivity contribution in [3.8, 4) is 0 Å². The van der Waals surface area contributed by atoms with Crippen LogP contribution in [0.2, 0.25) is 0 Å². The number of aliphatic hydroxyl groups is 1. The third kappa shape index (κ3) is 1.65. The SMILES string of the molecule is Nc1ncnn2c(C3CCC(CO)O3)ccc12. The van der Waals surface area contributed by atoms with Crippen LogP contribution in [-0.2, 0) is 4.74 Å². The van der Waals surface area contributed by atoms with E-state index in [2.05, 4.69) is 10.1 Å². The fraction of sp³-hybridized carbons (Fsp3) is 0.455. The normalized spacial score (nSPS) is 24.5. The average Bonchev–Trinajstić information content (AvgIpc) is 2.94. The minimum absolute atomic E-state index is 0.0241. The summed E-state index contributed by atoms with van der Waals surface area (Å²) in [4.78, 5) is 3.94. The molecule has 1 aliphatic heterocycles. The van der Waals surface area contributed by atoms with E-state index in [1.54, 1.807) is 4.52 Å². The molecule has 6 heteroatoms. The molecule has 0 radical (unpaired) electrons. The Morgan fingerprint density at radius 3 is 3.12 bits per heavy atom. The minimum Gasteiger partial charge on any atom is -0.394 e. The first-order chi connectivity index (χ1) is 8.29. The van der Waals surface area contributed by atoms with Crippen LogP contribution in [0, 0.1) is 0 Å². The summed E-state index contributed by atoms with van der Waals surface area (Å²) in [7, 11) is 0. The molecule has 17 heavy (non-hydrogen) atoms. The van der Waals surface area contributed by atoms with Crippen LogP contribution in [0.25, 0.3) is 5.52 Å². The average molecular weight is 234 g/mol. The standard InChI is InChI=1S/C11H14N4O2/c12-11-9-3-2-8(15(9)14-6-13-11)10-4-1-7(5-16)17-10/h2-3,6-7,10,16H,1,4-5H2,(H2,12,13,14). The van der Waals surface area contributed by atoms with Crippen LogP contribution in [0.3, 0.4) is 0 Å². The van der Waals surface area contributed by atoms with Crippen molar-refractivity contribution in [2.45, 2.75) is 25.0 Å². The van der Waals surface area contributed by atoms with Crippen molar-refractivity contribution in [2.24, 2.45) is 0 Å². The van der Waals surface area contributed by atoms with Gasteiger partial charge in [-0.25, -0.2) is 9.50 Å². The number of aliphatic hydroxyl groups excluding tert-OH is 1. The molecule has 3 N–H and O–H groups in total. The van der Waals surface area contributed by atoms with Crippen molar-refractivity contribution in [3.05, 3.63) is 24.2 Å². The van der Waals surface area contributed by atoms with Gasteiger partial charge in [-0.15, -0.1) is 0 Å². The van der Waals surface area contributed by atoms with E-state index in [0.717, 1.165) is 24.1 Å². The van der Waals surface area contributed by atoms with E-state index >= 15 is 0 Å². The van der Waals surface area contributed by atoms with Gasteiger partial charge in [-0.3, -0.25) is 0 Å². The van der Waals surface area contributed by atoms with Gasteiger partial charge in [0.15, 0.2) is 5.82 Å². The van der Waals surface area contributed by atoms with Gasteiger partial charge in [0.05, 0.1) is 18.4 Å². The third-order valence-electron chi connectivity index (χ3n) is 3.15. The maximum atomic E-state index is 9.06. The van der Waals surface area contributed by atoms with E-state index in [4.69, 9.17) is 15.6 Å². The quantitative estimate of drug-likeness (QED) is 0.791. The Kier molecular flexibility index (Phi) is 2.45. The fourth-order valence-corrected chi connectivity index (χ4v) is 2.27. The molecule has 3 rings (SSSR count). The first-order valence-corrected chi connectivity index (χ1v) is 5.64. The van der Waals surface area contributed by atoms with Gasteiger partial charge in [-0.1, -0.05) is 0 Å². The number of hydrogen-bond donors (Lipinski definition) is 2. The lowest BCUT2D eigenvalue weighted by Gasteiger charge is -2.11. The second-order valence-electron chi connectivity index (χ2n) is 4.21. The highest BCUT2D eigenvalue weighted by Crippen LogP contribution is 2.33. The smallest absolute Gasteiger partial charge is 0.151 e. The monoisotopic (exact) mass is 234 g/mol. The van der Waals surface area contributed by atoms with Gasteiger partial charge in [0.2, 0.25) is 0 Å². The summed E-state index contributed by atoms with van der Waals surface area (Å²) in [6.07, 6.45) is 3.11. The molecular weight excluding hydrogens is 220 g/mol. The Labute approximate surface area is 98.0 Å². The van der Waals surface area contributed by atoms with Gasteiger partial charge in [-0.05, 0) is 25.0 Å². The first-order valence-electron chi connectivity index (χ1n) is 5.64. The minimum atomic E-state index is -0.0651. The molecule has 0 aromatic carbocycles. The molecule has 90 valence electrons. The molecule has 2 atom stereocenters. The van der Waals surface area contributed by atoms with Crippen LogP contribution < -0.4 is 5.73 Å². The molecule has 3 heterocycles. The third-order valence-corrected chi connectivity index (χ3v) is 3.15. The van der Waals surface area contributed by atoms with Crippen LogP contribution in [0.1, 0.15) is 24.6 Å². The molecule has 0 amide bonds. The predicted molar refractivity (Wildman–Crippen MR) is 61.3 cm³/mol. The van der Waals surface area contributed by atoms with E-state index < -0.39 is 0 Å². The zero-order chi connectivity index (χ0) is 11.8. The Morgan fingerprint density at radius 2 is 2.35 bits per heavy atom. The number of nitrogen functional groups attached to an aromatic ring is 1. The highest BCUT2D eigenvalue weighted by atomic mass is 16.5. The molecule has 1 saturated heterocycles. The van der Waals surface area contributed by atoms with E-state index in [9.17, 15) is 0 Å². The number of anilines is 1. The van der Waals surface area contributed by atoms with Crippen molar-refractivity contribution in [3.63, 3.8) is 0 Å². The topological polar surface area (TPSA) is 85.7 Å². The number of nitrogens with two attached hydrogens (primary N) is 1. The first kappa shape index (κ1) is 10.5. The van der Waals surface area contributed by atoms with Gasteiger partial charge in [0.25, 0.3) is 0 Å². The molecule has 2 aromatic rings. The van der Waals surface area contributed by atoms with Crippen molar-refractivity contribution in [2.75, 3.05) is 12.3 Å². The Bertz CT molecular complexity index is 539. The summed E-state index contributed by atoms with van der Waals surface area (Å²) in [6, 6.07) is 3.84. The van der Waals surface area contributed by atoms with E-state index in [1.165, 1.54) is 6.33 Å². The summed E-state index contributed by atoms with van der Waals surface area (Å²) in [5.41, 5.74) is 7.52. The molecular formula is C11H14N4O2. The largest absolute Gasteiger partial charge is 0.394 e. The number of nitrogens with zero attached hydrogens (tertiary/aromatic N) is 3. The highest BCUT2D eigenvalue weighted by Gasteiger charge is 2.28. The molecule has 2 aromatic heterocycles. The molecule has 0 saturated carbocycles. The molecule has 0 spiro atoms. The predicted octanol–water partition coefficient (Wildman–Crippen LogP) is 0.524. The number of fused-ring (bicyclic) bond motifs is 1. The van der Waals surface area contributed by atoms with Crippen LogP contribution in [0.4, 0.5) is 5.82 Å². The van der Waals surface area contributed by atoms with Gasteiger partial charge in [0.1, 0.15) is 17.9 Å². The van der Waals surface area contributed by atoms with E-state index in [1.807, 2.05) is 12.1 Å². The molecule has 0 aliphatic carbocycles. The summed E-state index contributed by atoms with van der Waals surface area (Å²) in [5.74, 6) is 0.461. The molecule has 0 bridgehead atoms. The van der Waals surface area contributed by atoms with Gasteiger partial charge in [-0.2, -0.15) is 5.10 Å². The van der Waals surface area contributed by atoms with Gasteiger partial charge < -0.3 is 15.6 Å². The Morgan fingerprint density at radius 1 is 1.47 bits per heavy atom. The number of aromatic nitrogens is 3. The summed E-state index contributed by atoms with van der Waals surface area (Å²) < 4.78 is 7.49. The second kappa shape index (κ2) is 3.97. The van der Waals surface area contributed by atoms with Crippen LogP contribution >= 0.6 is 0 Å². The maximum absolute atomic E-state index is 9.06. The zero-order valence-electron chi connectivity index (χ0n) is 9.28. The molecule has 2 unspecified atom stereocenters. The van der Waals surface area contributed by atoms with Crippen LogP contribution in [0.5, 0.6) is 0 Å². The fourth-order valence-electron chi connectivity index (χ4n) is 2.27. The summed E-state index contributed by atoms with van der Waals surface area (Å²) >= 11 is 0. The van der Waals surface area contributed by atoms with Crippen LogP contribution in [-0.4, -0.2) is 32.4 Å². The second-order valence-corrected chi connectivity index (χ2v) is 4.21. The summed E-state index contributed by atoms with van der Waals surface area (Å²) in [6.45, 7) is 0.0664. The number of ether oxygens (including phenoxy) is 1. The Balaban J connectivity index is 1.99. The van der Waals surface area contributed by atoms with E-state index in [0.29, 0.717) is 5.82 Å². The Hall–Kier alpha value is -1.66. The zero-order valence-corrected chi connectivity index (χ0v) is 9.28. The van der Waals surface area contributed by atoms with Crippen molar-refractivity contribution in [1.82, 2.24) is 14.6 Å².